The fraction of sp³-hybridized carbons (Fsp3) is 0.583. The van der Waals surface area contributed by atoms with Crippen LogP contribution in [0.2, 0.25) is 0 Å². The Balaban J connectivity index is 1.85. The quantitative estimate of drug-likeness (QED) is 0.733. The van der Waals surface area contributed by atoms with Crippen LogP contribution >= 0.6 is 0 Å². The second kappa shape index (κ2) is 5.61. The van der Waals surface area contributed by atoms with Gasteiger partial charge in [0.05, 0.1) is 12.4 Å². The molecule has 1 fully saturated rings. The highest BCUT2D eigenvalue weighted by molar-refractivity contribution is 5.91. The van der Waals surface area contributed by atoms with E-state index in [0.717, 1.165) is 18.7 Å². The van der Waals surface area contributed by atoms with Crippen molar-refractivity contribution in [2.75, 3.05) is 11.9 Å². The number of aromatic nitrogens is 2. The normalized spacial score (nSPS) is 14.4. The van der Waals surface area contributed by atoms with Crippen molar-refractivity contribution in [3.8, 4) is 0 Å². The summed E-state index contributed by atoms with van der Waals surface area (Å²) >= 11 is 0. The van der Waals surface area contributed by atoms with Crippen molar-refractivity contribution >= 4 is 11.7 Å². The molecule has 5 heteroatoms. The van der Waals surface area contributed by atoms with Crippen molar-refractivity contribution in [1.82, 2.24) is 15.3 Å². The van der Waals surface area contributed by atoms with Gasteiger partial charge in [-0.05, 0) is 19.3 Å². The summed E-state index contributed by atoms with van der Waals surface area (Å²) in [6.45, 7) is 2.78. The molecule has 0 radical (unpaired) electrons. The fourth-order valence-electron chi connectivity index (χ4n) is 1.43. The Morgan fingerprint density at radius 2 is 2.24 bits per heavy atom. The minimum absolute atomic E-state index is 0.149. The number of anilines is 1. The van der Waals surface area contributed by atoms with Gasteiger partial charge in [0.2, 0.25) is 0 Å². The smallest absolute Gasteiger partial charge is 0.271 e. The largest absolute Gasteiger partial charge is 0.366 e. The maximum atomic E-state index is 11.6. The van der Waals surface area contributed by atoms with Crippen molar-refractivity contribution in [3.63, 3.8) is 0 Å². The van der Waals surface area contributed by atoms with Crippen LogP contribution in [0.25, 0.3) is 0 Å². The molecule has 1 aromatic heterocycles. The molecule has 0 saturated heterocycles. The van der Waals surface area contributed by atoms with Crippen molar-refractivity contribution < 1.29 is 4.79 Å². The van der Waals surface area contributed by atoms with E-state index in [1.54, 1.807) is 6.20 Å². The molecule has 2 N–H and O–H groups in total. The Kier molecular flexibility index (Phi) is 3.90. The highest BCUT2D eigenvalue weighted by atomic mass is 16.1. The van der Waals surface area contributed by atoms with Crippen LogP contribution in [0.1, 0.15) is 43.1 Å². The third-order valence-corrected chi connectivity index (χ3v) is 2.63. The van der Waals surface area contributed by atoms with Gasteiger partial charge in [-0.1, -0.05) is 13.3 Å². The molecular weight excluding hydrogens is 216 g/mol. The van der Waals surface area contributed by atoms with Gasteiger partial charge < -0.3 is 10.6 Å². The second-order valence-corrected chi connectivity index (χ2v) is 4.31. The molecule has 1 aliphatic rings. The standard InChI is InChI=1S/C12H18N4O/c1-2-3-6-13-12(17)10-7-15-11(8-14-10)16-9-4-5-9/h7-9H,2-6H2,1H3,(H,13,17)(H,15,16). The van der Waals surface area contributed by atoms with E-state index in [9.17, 15) is 4.79 Å². The van der Waals surface area contributed by atoms with E-state index < -0.39 is 0 Å². The number of nitrogens with zero attached hydrogens (tertiary/aromatic N) is 2. The van der Waals surface area contributed by atoms with Gasteiger partial charge in [0.1, 0.15) is 11.5 Å². The van der Waals surface area contributed by atoms with Crippen molar-refractivity contribution in [3.05, 3.63) is 18.1 Å². The average molecular weight is 234 g/mol. The Morgan fingerprint density at radius 3 is 2.82 bits per heavy atom. The lowest BCUT2D eigenvalue weighted by Gasteiger charge is -2.05. The highest BCUT2D eigenvalue weighted by Gasteiger charge is 2.21. The van der Waals surface area contributed by atoms with Gasteiger partial charge in [-0.15, -0.1) is 0 Å². The second-order valence-electron chi connectivity index (χ2n) is 4.31. The minimum atomic E-state index is -0.149. The van der Waals surface area contributed by atoms with Crippen molar-refractivity contribution in [1.29, 1.82) is 0 Å². The molecule has 5 nitrogen and oxygen atoms in total. The lowest BCUT2D eigenvalue weighted by Crippen LogP contribution is -2.25. The summed E-state index contributed by atoms with van der Waals surface area (Å²) in [6.07, 6.45) is 7.58. The minimum Gasteiger partial charge on any atom is -0.366 e. The van der Waals surface area contributed by atoms with Crippen LogP contribution in [0.3, 0.4) is 0 Å². The van der Waals surface area contributed by atoms with Gasteiger partial charge in [0, 0.05) is 12.6 Å². The first-order valence-corrected chi connectivity index (χ1v) is 6.16. The Morgan fingerprint density at radius 1 is 1.41 bits per heavy atom. The van der Waals surface area contributed by atoms with Gasteiger partial charge in [0.25, 0.3) is 5.91 Å². The molecular formula is C12H18N4O. The lowest BCUT2D eigenvalue weighted by molar-refractivity contribution is 0.0948. The number of amides is 1. The summed E-state index contributed by atoms with van der Waals surface area (Å²) in [5.41, 5.74) is 0.377. The third-order valence-electron chi connectivity index (χ3n) is 2.63. The van der Waals surface area contributed by atoms with Crippen LogP contribution in [0.5, 0.6) is 0 Å². The topological polar surface area (TPSA) is 66.9 Å². The Labute approximate surface area is 101 Å². The van der Waals surface area contributed by atoms with E-state index in [4.69, 9.17) is 0 Å². The highest BCUT2D eigenvalue weighted by Crippen LogP contribution is 2.22. The van der Waals surface area contributed by atoms with E-state index in [1.807, 2.05) is 0 Å². The summed E-state index contributed by atoms with van der Waals surface area (Å²) in [5, 5.41) is 6.04. The Hall–Kier alpha value is -1.65. The predicted molar refractivity (Wildman–Crippen MR) is 65.9 cm³/mol. The van der Waals surface area contributed by atoms with Gasteiger partial charge in [0.15, 0.2) is 0 Å². The molecule has 1 saturated carbocycles. The first kappa shape index (κ1) is 11.8. The van der Waals surface area contributed by atoms with Gasteiger partial charge in [-0.3, -0.25) is 4.79 Å². The molecule has 0 unspecified atom stereocenters. The summed E-state index contributed by atoms with van der Waals surface area (Å²) < 4.78 is 0. The molecule has 1 aromatic rings. The first-order chi connectivity index (χ1) is 8.29. The molecule has 0 spiro atoms. The zero-order valence-electron chi connectivity index (χ0n) is 10.1. The zero-order chi connectivity index (χ0) is 12.1. The number of hydrogen-bond acceptors (Lipinski definition) is 4. The molecule has 0 aliphatic heterocycles. The SMILES string of the molecule is CCCCNC(=O)c1cnc(NC2CC2)cn1. The van der Waals surface area contributed by atoms with E-state index in [1.165, 1.54) is 19.0 Å². The summed E-state index contributed by atoms with van der Waals surface area (Å²) in [7, 11) is 0. The number of nitrogens with one attached hydrogen (secondary N) is 2. The van der Waals surface area contributed by atoms with Gasteiger partial charge in [-0.25, -0.2) is 9.97 Å². The molecule has 1 aliphatic carbocycles. The van der Waals surface area contributed by atoms with Crippen LogP contribution in [-0.4, -0.2) is 28.5 Å². The number of carbonyl (C=O) groups excluding carboxylic acids is 1. The number of unbranched alkanes of at least 4 members (excludes halogenated alkanes) is 1. The van der Waals surface area contributed by atoms with Gasteiger partial charge in [-0.2, -0.15) is 0 Å². The number of hydrogen-bond donors (Lipinski definition) is 2. The lowest BCUT2D eigenvalue weighted by atomic mass is 10.3. The van der Waals surface area contributed by atoms with Crippen LogP contribution in [-0.2, 0) is 0 Å². The fourth-order valence-corrected chi connectivity index (χ4v) is 1.43. The monoisotopic (exact) mass is 234 g/mol. The summed E-state index contributed by atoms with van der Waals surface area (Å²) in [4.78, 5) is 19.9. The molecule has 92 valence electrons. The molecule has 1 amide bonds. The first-order valence-electron chi connectivity index (χ1n) is 6.16. The maximum Gasteiger partial charge on any atom is 0.271 e. The number of rotatable bonds is 6. The molecule has 0 aromatic carbocycles. The maximum absolute atomic E-state index is 11.6. The van der Waals surface area contributed by atoms with Crippen molar-refractivity contribution in [2.45, 2.75) is 38.6 Å². The van der Waals surface area contributed by atoms with Crippen molar-refractivity contribution in [2.24, 2.45) is 0 Å². The average Bonchev–Trinajstić information content (AvgIpc) is 3.14. The van der Waals surface area contributed by atoms with E-state index >= 15 is 0 Å². The zero-order valence-corrected chi connectivity index (χ0v) is 10.1. The molecule has 0 atom stereocenters. The summed E-state index contributed by atoms with van der Waals surface area (Å²) in [5.74, 6) is 0.599. The van der Waals surface area contributed by atoms with Crippen LogP contribution in [0, 0.1) is 0 Å². The van der Waals surface area contributed by atoms with E-state index in [-0.39, 0.29) is 5.91 Å². The predicted octanol–water partition coefficient (Wildman–Crippen LogP) is 1.58. The van der Waals surface area contributed by atoms with Gasteiger partial charge >= 0.3 is 0 Å². The molecule has 1 heterocycles. The Bertz CT molecular complexity index is 373. The molecule has 2 rings (SSSR count). The van der Waals surface area contributed by atoms with Crippen LogP contribution in [0.4, 0.5) is 5.82 Å². The van der Waals surface area contributed by atoms with E-state index in [0.29, 0.717) is 18.3 Å². The number of carbonyl (C=O) groups is 1. The molecule has 17 heavy (non-hydrogen) atoms. The van der Waals surface area contributed by atoms with Crippen LogP contribution < -0.4 is 10.6 Å². The third kappa shape index (κ3) is 3.69. The summed E-state index contributed by atoms with van der Waals surface area (Å²) in [6, 6.07) is 0.550. The molecule has 0 bridgehead atoms. The van der Waals surface area contributed by atoms with Crippen LogP contribution in [0.15, 0.2) is 12.4 Å². The van der Waals surface area contributed by atoms with E-state index in [2.05, 4.69) is 27.5 Å².